The molecule has 0 radical (unpaired) electrons. The van der Waals surface area contributed by atoms with Crippen LogP contribution < -0.4 is 0 Å². The number of fused-ring (bicyclic) bond motifs is 7. The van der Waals surface area contributed by atoms with Crippen molar-refractivity contribution in [3.63, 3.8) is 0 Å². The van der Waals surface area contributed by atoms with Gasteiger partial charge in [-0.2, -0.15) is 21.0 Å². The summed E-state index contributed by atoms with van der Waals surface area (Å²) >= 11 is 0. The quantitative estimate of drug-likeness (QED) is 0.136. The van der Waals surface area contributed by atoms with Crippen LogP contribution in [0.1, 0.15) is 22.3 Å². The number of para-hydroxylation sites is 2. The van der Waals surface area contributed by atoms with Crippen molar-refractivity contribution in [1.29, 1.82) is 21.0 Å². The Morgan fingerprint density at radius 3 is 0.625 bits per heavy atom. The molecule has 0 unspecified atom stereocenters. The van der Waals surface area contributed by atoms with Crippen molar-refractivity contribution in [3.8, 4) is 125 Å². The van der Waals surface area contributed by atoms with Crippen molar-refractivity contribution in [2.45, 2.75) is 0 Å². The molecule has 0 fully saturated rings. The number of nitriles is 4. The average Bonchev–Trinajstić information content (AvgIpc) is 1.57. The summed E-state index contributed by atoms with van der Waals surface area (Å²) in [6.45, 7) is 0. The van der Waals surface area contributed by atoms with E-state index >= 15 is 0 Å². The van der Waals surface area contributed by atoms with Crippen LogP contribution in [0.3, 0.4) is 0 Å². The molecule has 0 amide bonds. The highest BCUT2D eigenvalue weighted by Gasteiger charge is 2.22. The Kier molecular flexibility index (Phi) is 13.0. The molecular weight excluding hydrogens is 1070 g/mol. The molecule has 2 heterocycles. The summed E-state index contributed by atoms with van der Waals surface area (Å²) < 4.78 is 4.86. The predicted octanol–water partition coefficient (Wildman–Crippen LogP) is 20.7. The van der Waals surface area contributed by atoms with Crippen molar-refractivity contribution < 1.29 is 0 Å². The fourth-order valence-electron chi connectivity index (χ4n) is 12.6. The van der Waals surface area contributed by atoms with E-state index in [4.69, 9.17) is 0 Å². The van der Waals surface area contributed by atoms with Crippen LogP contribution in [0, 0.1) is 45.3 Å². The van der Waals surface area contributed by atoms with E-state index in [9.17, 15) is 21.0 Å². The minimum Gasteiger partial charge on any atom is -0.309 e. The van der Waals surface area contributed by atoms with Gasteiger partial charge in [0.1, 0.15) is 0 Å². The van der Waals surface area contributed by atoms with Gasteiger partial charge in [-0.05, 0) is 198 Å². The van der Waals surface area contributed by atoms with Crippen LogP contribution in [-0.4, -0.2) is 9.13 Å². The normalized spacial score (nSPS) is 11.1. The standard InChI is InChI=1S/C82H48N6/c83-49-53-9-17-57(18-10-53)61-25-33-65(34-26-61)69-43-70(66-35-27-62(28-36-66)58-19-11-54(50-84)12-20-58)46-73(45-69)87-77-7-3-1-5-75(77)81-79(87)41-42-80-82(81)76-6-2-4-8-78(76)88(80)74-47-71(67-37-29-63(30-38-67)59-21-13-55(51-85)14-22-59)44-72(48-74)68-39-31-64(32-40-68)60-23-15-56(52-86)16-24-60/h1-48H. The molecule has 88 heavy (non-hydrogen) atoms. The third-order valence-electron chi connectivity index (χ3n) is 17.1. The largest absolute Gasteiger partial charge is 0.309 e. The number of aromatic nitrogens is 2. The van der Waals surface area contributed by atoms with Crippen molar-refractivity contribution in [1.82, 2.24) is 9.13 Å². The van der Waals surface area contributed by atoms with Gasteiger partial charge in [0.05, 0.1) is 68.6 Å². The lowest BCUT2D eigenvalue weighted by Gasteiger charge is -2.15. The fourth-order valence-corrected chi connectivity index (χ4v) is 12.6. The first-order chi connectivity index (χ1) is 43.4. The maximum absolute atomic E-state index is 9.48. The van der Waals surface area contributed by atoms with Gasteiger partial charge in [-0.25, -0.2) is 0 Å². The second kappa shape index (κ2) is 21.9. The molecular formula is C82H48N6. The molecule has 2 aromatic heterocycles. The van der Waals surface area contributed by atoms with Gasteiger partial charge in [0.25, 0.3) is 0 Å². The summed E-state index contributed by atoms with van der Waals surface area (Å²) in [5.41, 5.74) is 26.0. The van der Waals surface area contributed by atoms with E-state index in [-0.39, 0.29) is 0 Å². The molecule has 0 atom stereocenters. The molecule has 0 aliphatic carbocycles. The highest BCUT2D eigenvalue weighted by Crippen LogP contribution is 2.45. The lowest BCUT2D eigenvalue weighted by Crippen LogP contribution is -1.97. The van der Waals surface area contributed by atoms with Gasteiger partial charge in [0, 0.05) is 32.9 Å². The zero-order valence-corrected chi connectivity index (χ0v) is 47.4. The monoisotopic (exact) mass is 1120 g/mol. The third kappa shape index (κ3) is 9.40. The van der Waals surface area contributed by atoms with Crippen LogP contribution in [0.5, 0.6) is 0 Å². The Morgan fingerprint density at radius 1 is 0.193 bits per heavy atom. The van der Waals surface area contributed by atoms with Crippen LogP contribution in [0.15, 0.2) is 291 Å². The number of hydrogen-bond acceptors (Lipinski definition) is 4. The SMILES string of the molecule is N#Cc1ccc(-c2ccc(-c3cc(-c4ccc(-c5ccc(C#N)cc5)cc4)cc(-n4c5ccccc5c5c6c7ccccc7n(-c7cc(-c8ccc(-c9ccc(C#N)cc9)cc8)cc(-c8ccc(-c9ccc(C#N)cc9)cc8)c7)c6ccc54)c3)cc2)cc1. The van der Waals surface area contributed by atoms with E-state index in [1.54, 1.807) is 0 Å². The van der Waals surface area contributed by atoms with Crippen LogP contribution in [0.2, 0.25) is 0 Å². The summed E-state index contributed by atoms with van der Waals surface area (Å²) in [4.78, 5) is 0. The Bertz CT molecular complexity index is 4810. The van der Waals surface area contributed by atoms with E-state index in [1.807, 2.05) is 97.1 Å². The zero-order valence-electron chi connectivity index (χ0n) is 47.4. The average molecular weight is 1120 g/mol. The Hall–Kier alpha value is -12.6. The molecule has 15 aromatic rings. The number of rotatable bonds is 10. The summed E-state index contributed by atoms with van der Waals surface area (Å²) in [7, 11) is 0. The fraction of sp³-hybridized carbons (Fsp3) is 0. The summed E-state index contributed by atoms with van der Waals surface area (Å²) in [5, 5.41) is 42.6. The smallest absolute Gasteiger partial charge is 0.0991 e. The Labute approximate surface area is 509 Å². The highest BCUT2D eigenvalue weighted by atomic mass is 15.0. The molecule has 13 aromatic carbocycles. The highest BCUT2D eigenvalue weighted by molar-refractivity contribution is 6.29. The van der Waals surface area contributed by atoms with Crippen LogP contribution in [-0.2, 0) is 0 Å². The molecule has 0 aliphatic rings. The van der Waals surface area contributed by atoms with Gasteiger partial charge in [-0.15, -0.1) is 0 Å². The second-order valence-electron chi connectivity index (χ2n) is 22.2. The summed E-state index contributed by atoms with van der Waals surface area (Å²) in [5.74, 6) is 0. The van der Waals surface area contributed by atoms with Crippen LogP contribution in [0.4, 0.5) is 0 Å². The van der Waals surface area contributed by atoms with E-state index < -0.39 is 0 Å². The first kappa shape index (κ1) is 52.2. The van der Waals surface area contributed by atoms with Crippen LogP contribution in [0.25, 0.3) is 144 Å². The van der Waals surface area contributed by atoms with Crippen molar-refractivity contribution in [2.75, 3.05) is 0 Å². The van der Waals surface area contributed by atoms with Gasteiger partial charge in [0.15, 0.2) is 0 Å². The van der Waals surface area contributed by atoms with Gasteiger partial charge < -0.3 is 9.13 Å². The van der Waals surface area contributed by atoms with Crippen LogP contribution >= 0.6 is 0 Å². The molecule has 6 heteroatoms. The molecule has 0 bridgehead atoms. The Morgan fingerprint density at radius 2 is 0.398 bits per heavy atom. The lowest BCUT2D eigenvalue weighted by molar-refractivity contribution is 1.17. The summed E-state index contributed by atoms with van der Waals surface area (Å²) in [6.07, 6.45) is 0. The first-order valence-corrected chi connectivity index (χ1v) is 29.1. The predicted molar refractivity (Wildman–Crippen MR) is 357 cm³/mol. The van der Waals surface area contributed by atoms with Gasteiger partial charge in [0.2, 0.25) is 0 Å². The minimum atomic E-state index is 0.631. The van der Waals surface area contributed by atoms with Crippen molar-refractivity contribution in [2.24, 2.45) is 0 Å². The molecule has 0 aliphatic heterocycles. The molecule has 406 valence electrons. The molecule has 0 saturated carbocycles. The van der Waals surface area contributed by atoms with Gasteiger partial charge >= 0.3 is 0 Å². The molecule has 6 nitrogen and oxygen atoms in total. The third-order valence-corrected chi connectivity index (χ3v) is 17.1. The zero-order chi connectivity index (χ0) is 59.2. The van der Waals surface area contributed by atoms with E-state index in [2.05, 4.69) is 228 Å². The maximum atomic E-state index is 9.48. The number of hydrogen-bond donors (Lipinski definition) is 0. The van der Waals surface area contributed by atoms with E-state index in [0.29, 0.717) is 22.3 Å². The van der Waals surface area contributed by atoms with Gasteiger partial charge in [-0.1, -0.05) is 182 Å². The molecule has 0 N–H and O–H groups in total. The molecule has 0 saturated heterocycles. The second-order valence-corrected chi connectivity index (χ2v) is 22.2. The minimum absolute atomic E-state index is 0.631. The van der Waals surface area contributed by atoms with Gasteiger partial charge in [-0.3, -0.25) is 0 Å². The van der Waals surface area contributed by atoms with E-state index in [0.717, 1.165) is 133 Å². The lowest BCUT2D eigenvalue weighted by atomic mass is 9.95. The number of benzene rings is 13. The van der Waals surface area contributed by atoms with Crippen molar-refractivity contribution in [3.05, 3.63) is 313 Å². The molecule has 0 spiro atoms. The first-order valence-electron chi connectivity index (χ1n) is 29.1. The Balaban J connectivity index is 0.903. The molecule has 15 rings (SSSR count). The van der Waals surface area contributed by atoms with Crippen molar-refractivity contribution >= 4 is 43.6 Å². The summed E-state index contributed by atoms with van der Waals surface area (Å²) in [6, 6.07) is 111. The maximum Gasteiger partial charge on any atom is 0.0991 e. The topological polar surface area (TPSA) is 105 Å². The number of nitrogens with zero attached hydrogens (tertiary/aromatic N) is 6. The van der Waals surface area contributed by atoms with E-state index in [1.165, 1.54) is 10.8 Å².